The van der Waals surface area contributed by atoms with Gasteiger partial charge in [0.1, 0.15) is 5.75 Å². The van der Waals surface area contributed by atoms with Gasteiger partial charge >= 0.3 is 0 Å². The number of anilines is 1. The standard InChI is InChI=1S/C29H29BrN2O/c1-3-15-33-28-14-8-20(17-26(28)30)18-31-22-11-9-21(10-12-22)29-24-6-4-5-23(24)25-16-19(2)7-13-27(25)32-29/h4-5,7-14,16-18,23-24,29,32H,3,6,15H2,1-2H3/t23-,24-,29-/m0/s1. The van der Waals surface area contributed by atoms with E-state index in [1.165, 1.54) is 22.4 Å². The van der Waals surface area contributed by atoms with Crippen LogP contribution in [0.25, 0.3) is 0 Å². The summed E-state index contributed by atoms with van der Waals surface area (Å²) < 4.78 is 6.68. The molecule has 0 saturated heterocycles. The molecule has 0 amide bonds. The number of fused-ring (bicyclic) bond motifs is 3. The molecular weight excluding hydrogens is 472 g/mol. The minimum absolute atomic E-state index is 0.310. The maximum Gasteiger partial charge on any atom is 0.133 e. The van der Waals surface area contributed by atoms with Crippen LogP contribution in [-0.2, 0) is 0 Å². The zero-order valence-electron chi connectivity index (χ0n) is 19.1. The summed E-state index contributed by atoms with van der Waals surface area (Å²) in [6, 6.07) is 21.8. The third-order valence-electron chi connectivity index (χ3n) is 6.55. The summed E-state index contributed by atoms with van der Waals surface area (Å²) in [7, 11) is 0. The fraction of sp³-hybridized carbons (Fsp3) is 0.276. The van der Waals surface area contributed by atoms with Crippen LogP contribution >= 0.6 is 15.9 Å². The van der Waals surface area contributed by atoms with Crippen molar-refractivity contribution in [2.45, 2.75) is 38.6 Å². The molecule has 168 valence electrons. The largest absolute Gasteiger partial charge is 0.492 e. The van der Waals surface area contributed by atoms with Gasteiger partial charge in [0.25, 0.3) is 0 Å². The van der Waals surface area contributed by atoms with Crippen LogP contribution in [0.4, 0.5) is 11.4 Å². The van der Waals surface area contributed by atoms with Gasteiger partial charge in [-0.3, -0.25) is 4.99 Å². The Hall–Kier alpha value is -2.85. The van der Waals surface area contributed by atoms with Gasteiger partial charge in [0, 0.05) is 17.8 Å². The number of aliphatic imine (C=N–C) groups is 1. The van der Waals surface area contributed by atoms with Gasteiger partial charge in [0.2, 0.25) is 0 Å². The average molecular weight is 501 g/mol. The lowest BCUT2D eigenvalue weighted by atomic mass is 9.76. The van der Waals surface area contributed by atoms with E-state index in [9.17, 15) is 0 Å². The van der Waals surface area contributed by atoms with Crippen LogP contribution in [0.15, 0.2) is 82.3 Å². The third kappa shape index (κ3) is 4.63. The van der Waals surface area contributed by atoms with Gasteiger partial charge in [-0.15, -0.1) is 0 Å². The number of halogens is 1. The molecule has 0 radical (unpaired) electrons. The molecule has 0 saturated carbocycles. The van der Waals surface area contributed by atoms with E-state index in [4.69, 9.17) is 4.74 Å². The van der Waals surface area contributed by atoms with Crippen LogP contribution in [-0.4, -0.2) is 12.8 Å². The molecule has 0 aromatic heterocycles. The predicted molar refractivity (Wildman–Crippen MR) is 141 cm³/mol. The molecule has 1 heterocycles. The summed E-state index contributed by atoms with van der Waals surface area (Å²) in [6.45, 7) is 5.00. The van der Waals surface area contributed by atoms with E-state index in [1.807, 2.05) is 24.4 Å². The van der Waals surface area contributed by atoms with Crippen molar-refractivity contribution in [3.63, 3.8) is 0 Å². The molecule has 0 unspecified atom stereocenters. The first-order chi connectivity index (χ1) is 16.1. The Labute approximate surface area is 204 Å². The summed E-state index contributed by atoms with van der Waals surface area (Å²) in [5.74, 6) is 1.92. The molecule has 3 nitrogen and oxygen atoms in total. The highest BCUT2D eigenvalue weighted by Gasteiger charge is 2.37. The molecule has 0 spiro atoms. The number of nitrogens with zero attached hydrogens (tertiary/aromatic N) is 1. The molecule has 1 aliphatic carbocycles. The second-order valence-corrected chi connectivity index (χ2v) is 9.81. The molecule has 4 heteroatoms. The average Bonchev–Trinajstić information content (AvgIpc) is 3.33. The van der Waals surface area contributed by atoms with Gasteiger partial charge in [0.05, 0.1) is 22.8 Å². The maximum absolute atomic E-state index is 5.73. The van der Waals surface area contributed by atoms with Gasteiger partial charge in [-0.05, 0) is 94.7 Å². The summed E-state index contributed by atoms with van der Waals surface area (Å²) in [4.78, 5) is 4.69. The number of hydrogen-bond acceptors (Lipinski definition) is 3. The Balaban J connectivity index is 1.32. The van der Waals surface area contributed by atoms with Gasteiger partial charge in [-0.2, -0.15) is 0 Å². The van der Waals surface area contributed by atoms with E-state index >= 15 is 0 Å². The number of allylic oxidation sites excluding steroid dienone is 2. The number of nitrogens with one attached hydrogen (secondary N) is 1. The zero-order chi connectivity index (χ0) is 22.8. The van der Waals surface area contributed by atoms with Crippen LogP contribution in [0.3, 0.4) is 0 Å². The van der Waals surface area contributed by atoms with Gasteiger partial charge < -0.3 is 10.1 Å². The molecule has 1 N–H and O–H groups in total. The van der Waals surface area contributed by atoms with Crippen molar-refractivity contribution in [1.29, 1.82) is 0 Å². The SMILES string of the molecule is CCCOc1ccc(C=Nc2ccc([C@@H]3Nc4ccc(C)cc4[C@H]4C=CC[C@@H]43)cc2)cc1Br. The van der Waals surface area contributed by atoms with Gasteiger partial charge in [-0.1, -0.05) is 48.9 Å². The Morgan fingerprint density at radius 3 is 2.73 bits per heavy atom. The molecule has 3 aromatic carbocycles. The second kappa shape index (κ2) is 9.56. The number of benzene rings is 3. The fourth-order valence-corrected chi connectivity index (χ4v) is 5.40. The Morgan fingerprint density at radius 1 is 1.09 bits per heavy atom. The first kappa shape index (κ1) is 22.0. The second-order valence-electron chi connectivity index (χ2n) is 8.95. The molecule has 0 bridgehead atoms. The van der Waals surface area contributed by atoms with Crippen molar-refractivity contribution in [3.05, 3.63) is 99.5 Å². The minimum atomic E-state index is 0.310. The van der Waals surface area contributed by atoms with Gasteiger partial charge in [-0.25, -0.2) is 0 Å². The Morgan fingerprint density at radius 2 is 1.94 bits per heavy atom. The van der Waals surface area contributed by atoms with E-state index in [0.29, 0.717) is 17.9 Å². The smallest absolute Gasteiger partial charge is 0.133 e. The highest BCUT2D eigenvalue weighted by molar-refractivity contribution is 9.10. The monoisotopic (exact) mass is 500 g/mol. The number of rotatable bonds is 6. The lowest BCUT2D eigenvalue weighted by Gasteiger charge is -2.37. The number of hydrogen-bond donors (Lipinski definition) is 1. The van der Waals surface area contributed by atoms with Crippen LogP contribution < -0.4 is 10.1 Å². The first-order valence-electron chi connectivity index (χ1n) is 11.7. The molecular formula is C29H29BrN2O. The molecule has 5 rings (SSSR count). The third-order valence-corrected chi connectivity index (χ3v) is 7.17. The zero-order valence-corrected chi connectivity index (χ0v) is 20.7. The Kier molecular flexibility index (Phi) is 6.37. The number of aryl methyl sites for hydroxylation is 1. The van der Waals surface area contributed by atoms with Crippen LogP contribution in [0.1, 0.15) is 54.0 Å². The Bertz CT molecular complexity index is 1200. The van der Waals surface area contributed by atoms with Crippen molar-refractivity contribution >= 4 is 33.5 Å². The van der Waals surface area contributed by atoms with Crippen molar-refractivity contribution < 1.29 is 4.74 Å². The summed E-state index contributed by atoms with van der Waals surface area (Å²) in [6.07, 6.45) is 8.75. The van der Waals surface area contributed by atoms with Crippen LogP contribution in [0, 0.1) is 12.8 Å². The quantitative estimate of drug-likeness (QED) is 0.273. The fourth-order valence-electron chi connectivity index (χ4n) is 4.89. The van der Waals surface area contributed by atoms with Gasteiger partial charge in [0.15, 0.2) is 0 Å². The van der Waals surface area contributed by atoms with E-state index in [1.54, 1.807) is 0 Å². The minimum Gasteiger partial charge on any atom is -0.492 e. The van der Waals surface area contributed by atoms with Crippen molar-refractivity contribution in [2.24, 2.45) is 10.9 Å². The summed E-state index contributed by atoms with van der Waals surface area (Å²) in [5, 5.41) is 3.82. The van der Waals surface area contributed by atoms with E-state index < -0.39 is 0 Å². The van der Waals surface area contributed by atoms with Crippen molar-refractivity contribution in [2.75, 3.05) is 11.9 Å². The highest BCUT2D eigenvalue weighted by atomic mass is 79.9. The normalized spacial score (nSPS) is 21.0. The predicted octanol–water partition coefficient (Wildman–Crippen LogP) is 8.12. The number of ether oxygens (including phenoxy) is 1. The molecule has 1 aliphatic heterocycles. The topological polar surface area (TPSA) is 33.6 Å². The lowest BCUT2D eigenvalue weighted by molar-refractivity contribution is 0.315. The summed E-state index contributed by atoms with van der Waals surface area (Å²) >= 11 is 3.60. The highest BCUT2D eigenvalue weighted by Crippen LogP contribution is 2.50. The molecule has 2 aliphatic rings. The van der Waals surface area contributed by atoms with Crippen molar-refractivity contribution in [1.82, 2.24) is 0 Å². The summed E-state index contributed by atoms with van der Waals surface area (Å²) in [5.41, 5.74) is 7.33. The molecule has 3 aromatic rings. The van der Waals surface area contributed by atoms with E-state index in [-0.39, 0.29) is 0 Å². The lowest BCUT2D eigenvalue weighted by Crippen LogP contribution is -2.29. The van der Waals surface area contributed by atoms with Crippen LogP contribution in [0.5, 0.6) is 5.75 Å². The van der Waals surface area contributed by atoms with Crippen molar-refractivity contribution in [3.8, 4) is 5.75 Å². The molecule has 0 fully saturated rings. The molecule has 3 atom stereocenters. The molecule has 33 heavy (non-hydrogen) atoms. The maximum atomic E-state index is 5.73. The van der Waals surface area contributed by atoms with Crippen LogP contribution in [0.2, 0.25) is 0 Å². The van der Waals surface area contributed by atoms with E-state index in [0.717, 1.165) is 40.9 Å². The first-order valence-corrected chi connectivity index (χ1v) is 12.5. The van der Waals surface area contributed by atoms with E-state index in [2.05, 4.69) is 94.7 Å².